The van der Waals surface area contributed by atoms with Gasteiger partial charge in [-0.25, -0.2) is 4.39 Å². The van der Waals surface area contributed by atoms with E-state index >= 15 is 0 Å². The third-order valence-electron chi connectivity index (χ3n) is 3.27. The van der Waals surface area contributed by atoms with Crippen molar-refractivity contribution >= 4 is 41.0 Å². The summed E-state index contributed by atoms with van der Waals surface area (Å²) in [6.07, 6.45) is 0. The van der Waals surface area contributed by atoms with Crippen molar-refractivity contribution in [2.75, 3.05) is 18.1 Å². The van der Waals surface area contributed by atoms with E-state index in [1.165, 1.54) is 6.07 Å². The van der Waals surface area contributed by atoms with E-state index in [4.69, 9.17) is 11.6 Å². The van der Waals surface area contributed by atoms with Crippen LogP contribution in [0.3, 0.4) is 0 Å². The molecule has 2 rings (SSSR count). The molecule has 0 aromatic heterocycles. The second kappa shape index (κ2) is 9.97. The van der Waals surface area contributed by atoms with Gasteiger partial charge >= 0.3 is 0 Å². The van der Waals surface area contributed by atoms with Crippen molar-refractivity contribution in [3.05, 3.63) is 64.4 Å². The molecule has 0 spiro atoms. The number of thioether (sulfide) groups is 2. The Labute approximate surface area is 155 Å². The quantitative estimate of drug-likeness (QED) is 0.498. The third kappa shape index (κ3) is 5.43. The minimum absolute atomic E-state index is 0.0731. The number of halogens is 2. The Hall–Kier alpha value is -1.17. The first-order valence-corrected chi connectivity index (χ1v) is 10.2. The van der Waals surface area contributed by atoms with Crippen molar-refractivity contribution in [1.29, 1.82) is 0 Å². The van der Waals surface area contributed by atoms with Crippen molar-refractivity contribution in [2.45, 2.75) is 17.6 Å². The van der Waals surface area contributed by atoms with E-state index in [9.17, 15) is 9.18 Å². The first-order chi connectivity index (χ1) is 11.6. The number of rotatable bonds is 8. The Morgan fingerprint density at radius 2 is 2.00 bits per heavy atom. The maximum absolute atomic E-state index is 13.7. The first kappa shape index (κ1) is 19.2. The summed E-state index contributed by atoms with van der Waals surface area (Å²) >= 11 is 9.19. The zero-order valence-corrected chi connectivity index (χ0v) is 15.7. The highest BCUT2D eigenvalue weighted by atomic mass is 35.5. The second-order valence-corrected chi connectivity index (χ2v) is 7.76. The van der Waals surface area contributed by atoms with Gasteiger partial charge in [-0.2, -0.15) is 11.8 Å². The van der Waals surface area contributed by atoms with Gasteiger partial charge in [-0.15, -0.1) is 11.8 Å². The molecule has 0 radical (unpaired) electrons. The van der Waals surface area contributed by atoms with Crippen LogP contribution < -0.4 is 5.32 Å². The van der Waals surface area contributed by atoms with Crippen LogP contribution in [-0.2, 0) is 5.75 Å². The van der Waals surface area contributed by atoms with Crippen molar-refractivity contribution < 1.29 is 9.18 Å². The number of carbonyl (C=O) groups is 1. The summed E-state index contributed by atoms with van der Waals surface area (Å²) in [5.41, 5.74) is 1.21. The monoisotopic (exact) mass is 383 g/mol. The highest BCUT2D eigenvalue weighted by molar-refractivity contribution is 7.99. The standard InChI is InChI=1S/C18H19ClFNOS2/c1-2-24-17-9-4-3-6-13(17)18(22)21-10-11-23-12-14-15(19)7-5-8-16(14)20/h3-9H,2,10-12H2,1H3,(H,21,22). The van der Waals surface area contributed by atoms with Gasteiger partial charge in [0.2, 0.25) is 0 Å². The molecule has 0 saturated heterocycles. The molecule has 0 unspecified atom stereocenters. The lowest BCUT2D eigenvalue weighted by molar-refractivity contribution is 0.0953. The maximum Gasteiger partial charge on any atom is 0.252 e. The predicted molar refractivity (Wildman–Crippen MR) is 103 cm³/mol. The number of amides is 1. The number of carbonyl (C=O) groups excluding carboxylic acids is 1. The molecule has 24 heavy (non-hydrogen) atoms. The lowest BCUT2D eigenvalue weighted by atomic mass is 10.2. The van der Waals surface area contributed by atoms with Gasteiger partial charge in [-0.1, -0.05) is 36.7 Å². The number of hydrogen-bond acceptors (Lipinski definition) is 3. The van der Waals surface area contributed by atoms with Crippen LogP contribution in [0.5, 0.6) is 0 Å². The highest BCUT2D eigenvalue weighted by Gasteiger charge is 2.10. The molecule has 0 aliphatic heterocycles. The van der Waals surface area contributed by atoms with Crippen LogP contribution in [0.15, 0.2) is 47.4 Å². The molecule has 2 nitrogen and oxygen atoms in total. The second-order valence-electron chi connectivity index (χ2n) is 4.94. The average Bonchev–Trinajstić information content (AvgIpc) is 2.57. The molecule has 6 heteroatoms. The fourth-order valence-corrected chi connectivity index (χ4v) is 4.11. The van der Waals surface area contributed by atoms with Gasteiger partial charge in [0.1, 0.15) is 5.82 Å². The molecule has 1 amide bonds. The van der Waals surface area contributed by atoms with Gasteiger partial charge < -0.3 is 5.32 Å². The fraction of sp³-hybridized carbons (Fsp3) is 0.278. The Kier molecular flexibility index (Phi) is 7.95. The summed E-state index contributed by atoms with van der Waals surface area (Å²) in [5.74, 6) is 1.74. The molecule has 2 aromatic carbocycles. The fourth-order valence-electron chi connectivity index (χ4n) is 2.11. The number of nitrogens with one attached hydrogen (secondary N) is 1. The number of hydrogen-bond donors (Lipinski definition) is 1. The van der Waals surface area contributed by atoms with Crippen molar-refractivity contribution in [1.82, 2.24) is 5.32 Å². The summed E-state index contributed by atoms with van der Waals surface area (Å²) in [7, 11) is 0. The Balaban J connectivity index is 1.79. The highest BCUT2D eigenvalue weighted by Crippen LogP contribution is 2.24. The predicted octanol–water partition coefficient (Wildman–Crippen LogP) is 5.25. The van der Waals surface area contributed by atoms with Gasteiger partial charge in [0.05, 0.1) is 5.56 Å². The third-order valence-corrected chi connectivity index (χ3v) is 5.57. The summed E-state index contributed by atoms with van der Waals surface area (Å²) < 4.78 is 13.7. The Morgan fingerprint density at radius 3 is 2.75 bits per heavy atom. The molecule has 128 valence electrons. The van der Waals surface area contributed by atoms with E-state index in [-0.39, 0.29) is 11.7 Å². The van der Waals surface area contributed by atoms with E-state index in [0.29, 0.717) is 34.2 Å². The van der Waals surface area contributed by atoms with Crippen molar-refractivity contribution in [3.8, 4) is 0 Å². The van der Waals surface area contributed by atoms with Gasteiger partial charge in [0.15, 0.2) is 0 Å². The average molecular weight is 384 g/mol. The van der Waals surface area contributed by atoms with Gasteiger partial charge in [0, 0.05) is 33.5 Å². The molecular formula is C18H19ClFNOS2. The summed E-state index contributed by atoms with van der Waals surface area (Å²) in [5, 5.41) is 3.36. The lowest BCUT2D eigenvalue weighted by Gasteiger charge is -2.09. The molecule has 1 N–H and O–H groups in total. The SMILES string of the molecule is CCSc1ccccc1C(=O)NCCSCc1c(F)cccc1Cl. The Morgan fingerprint density at radius 1 is 1.21 bits per heavy atom. The molecule has 0 heterocycles. The van der Waals surface area contributed by atoms with Crippen molar-refractivity contribution in [2.24, 2.45) is 0 Å². The largest absolute Gasteiger partial charge is 0.351 e. The zero-order valence-electron chi connectivity index (χ0n) is 13.4. The van der Waals surface area contributed by atoms with Crippen LogP contribution >= 0.6 is 35.1 Å². The van der Waals surface area contributed by atoms with E-state index < -0.39 is 0 Å². The molecular weight excluding hydrogens is 365 g/mol. The van der Waals surface area contributed by atoms with E-state index in [1.807, 2.05) is 24.3 Å². The zero-order chi connectivity index (χ0) is 17.4. The summed E-state index contributed by atoms with van der Waals surface area (Å²) in [6.45, 7) is 2.59. The first-order valence-electron chi connectivity index (χ1n) is 7.64. The summed E-state index contributed by atoms with van der Waals surface area (Å²) in [6, 6.07) is 12.3. The van der Waals surface area contributed by atoms with Crippen LogP contribution in [0.2, 0.25) is 5.02 Å². The molecule has 0 bridgehead atoms. The number of benzene rings is 2. The Bertz CT molecular complexity index is 676. The van der Waals surface area contributed by atoms with Gasteiger partial charge in [-0.05, 0) is 30.0 Å². The van der Waals surface area contributed by atoms with E-state index in [2.05, 4.69) is 12.2 Å². The van der Waals surface area contributed by atoms with Gasteiger partial charge in [-0.3, -0.25) is 4.79 Å². The summed E-state index contributed by atoms with van der Waals surface area (Å²) in [4.78, 5) is 13.3. The molecule has 0 atom stereocenters. The molecule has 2 aromatic rings. The van der Waals surface area contributed by atoms with Crippen molar-refractivity contribution in [3.63, 3.8) is 0 Å². The lowest BCUT2D eigenvalue weighted by Crippen LogP contribution is -2.26. The molecule has 0 fully saturated rings. The normalized spacial score (nSPS) is 10.6. The smallest absolute Gasteiger partial charge is 0.252 e. The maximum atomic E-state index is 13.7. The van der Waals surface area contributed by atoms with Crippen LogP contribution in [-0.4, -0.2) is 24.0 Å². The molecule has 0 aliphatic carbocycles. The van der Waals surface area contributed by atoms with Crippen LogP contribution in [0, 0.1) is 5.82 Å². The minimum atomic E-state index is -0.287. The van der Waals surface area contributed by atoms with Crippen LogP contribution in [0.1, 0.15) is 22.8 Å². The van der Waals surface area contributed by atoms with Crippen LogP contribution in [0.25, 0.3) is 0 Å². The van der Waals surface area contributed by atoms with Gasteiger partial charge in [0.25, 0.3) is 5.91 Å². The molecule has 0 saturated carbocycles. The molecule has 0 aliphatic rings. The topological polar surface area (TPSA) is 29.1 Å². The minimum Gasteiger partial charge on any atom is -0.351 e. The van der Waals surface area contributed by atoms with E-state index in [1.54, 1.807) is 35.7 Å². The van der Waals surface area contributed by atoms with E-state index in [0.717, 1.165) is 10.6 Å². The van der Waals surface area contributed by atoms with Crippen LogP contribution in [0.4, 0.5) is 4.39 Å².